The minimum absolute atomic E-state index is 0.173. The highest BCUT2D eigenvalue weighted by Gasteiger charge is 2.25. The van der Waals surface area contributed by atoms with Gasteiger partial charge in [0.05, 0.1) is 24.6 Å². The molecule has 0 aliphatic heterocycles. The fourth-order valence-corrected chi connectivity index (χ4v) is 4.22. The maximum atomic E-state index is 13.0. The minimum Gasteiger partial charge on any atom is -0.497 e. The quantitative estimate of drug-likeness (QED) is 0.585. The number of fused-ring (bicyclic) bond motifs is 3. The molecular weight excluding hydrogens is 364 g/mol. The summed E-state index contributed by atoms with van der Waals surface area (Å²) in [5, 5.41) is 16.0. The molecule has 0 radical (unpaired) electrons. The van der Waals surface area contributed by atoms with Gasteiger partial charge in [-0.3, -0.25) is 4.79 Å². The Hall–Kier alpha value is -2.71. The summed E-state index contributed by atoms with van der Waals surface area (Å²) in [6, 6.07) is 7.57. The number of nitrogens with zero attached hydrogens (tertiary/aromatic N) is 4. The molecule has 140 valence electrons. The number of benzene rings is 1. The number of hydrogen-bond acceptors (Lipinski definition) is 6. The van der Waals surface area contributed by atoms with Crippen LogP contribution in [0.4, 0.5) is 0 Å². The van der Waals surface area contributed by atoms with E-state index in [0.717, 1.165) is 21.4 Å². The summed E-state index contributed by atoms with van der Waals surface area (Å²) < 4.78 is 9.33. The average molecular weight is 384 g/mol. The van der Waals surface area contributed by atoms with Crippen LogP contribution in [0.2, 0.25) is 0 Å². The Bertz CT molecular complexity index is 1210. The fourth-order valence-electron chi connectivity index (χ4n) is 3.11. The van der Waals surface area contributed by atoms with Crippen LogP contribution in [-0.2, 0) is 19.2 Å². The summed E-state index contributed by atoms with van der Waals surface area (Å²) in [6.45, 7) is 3.76. The van der Waals surface area contributed by atoms with E-state index in [0.29, 0.717) is 22.7 Å². The van der Waals surface area contributed by atoms with Crippen LogP contribution in [0.1, 0.15) is 24.4 Å². The molecule has 0 bridgehead atoms. The lowest BCUT2D eigenvalue weighted by atomic mass is 10.2. The van der Waals surface area contributed by atoms with E-state index < -0.39 is 5.60 Å². The van der Waals surface area contributed by atoms with Gasteiger partial charge in [0.25, 0.3) is 5.56 Å². The monoisotopic (exact) mass is 384 g/mol. The van der Waals surface area contributed by atoms with Crippen LogP contribution in [-0.4, -0.2) is 31.5 Å². The predicted octanol–water partition coefficient (Wildman–Crippen LogP) is 2.63. The number of methoxy groups -OCH3 is 1. The van der Waals surface area contributed by atoms with E-state index in [4.69, 9.17) is 4.74 Å². The van der Waals surface area contributed by atoms with E-state index in [1.54, 1.807) is 31.7 Å². The molecule has 0 aliphatic rings. The van der Waals surface area contributed by atoms with Crippen LogP contribution in [0.15, 0.2) is 35.3 Å². The van der Waals surface area contributed by atoms with Crippen LogP contribution >= 0.6 is 11.3 Å². The van der Waals surface area contributed by atoms with Crippen molar-refractivity contribution in [1.82, 2.24) is 19.3 Å². The third-order valence-corrected chi connectivity index (χ3v) is 5.91. The number of ether oxygens (including phenoxy) is 1. The minimum atomic E-state index is -1.02. The van der Waals surface area contributed by atoms with Gasteiger partial charge in [0.15, 0.2) is 5.65 Å². The van der Waals surface area contributed by atoms with Gasteiger partial charge in [-0.05, 0) is 31.5 Å². The van der Waals surface area contributed by atoms with Crippen molar-refractivity contribution in [3.05, 3.63) is 51.4 Å². The van der Waals surface area contributed by atoms with Gasteiger partial charge in [-0.1, -0.05) is 12.1 Å². The lowest BCUT2D eigenvalue weighted by Crippen LogP contribution is -2.24. The SMILES string of the molecule is COc1cccc(Cn2ncc3c4sc(C(C)(C)O)nc4n(C)c3c2=O)c1. The normalized spacial score (nSPS) is 12.2. The molecule has 0 saturated carbocycles. The average Bonchev–Trinajstić information content (AvgIpc) is 3.17. The maximum absolute atomic E-state index is 13.0. The lowest BCUT2D eigenvalue weighted by molar-refractivity contribution is 0.0784. The topological polar surface area (TPSA) is 82.2 Å². The second-order valence-corrected chi connectivity index (χ2v) is 8.01. The lowest BCUT2D eigenvalue weighted by Gasteiger charge is -2.12. The van der Waals surface area contributed by atoms with Crippen molar-refractivity contribution in [1.29, 1.82) is 0 Å². The number of rotatable bonds is 4. The third-order valence-electron chi connectivity index (χ3n) is 4.52. The Morgan fingerprint density at radius 3 is 2.81 bits per heavy atom. The highest BCUT2D eigenvalue weighted by Crippen LogP contribution is 2.34. The molecule has 3 heterocycles. The molecular formula is C19H20N4O3S. The van der Waals surface area contributed by atoms with Crippen LogP contribution in [0, 0.1) is 0 Å². The van der Waals surface area contributed by atoms with Crippen molar-refractivity contribution < 1.29 is 9.84 Å². The van der Waals surface area contributed by atoms with E-state index in [1.165, 1.54) is 16.0 Å². The summed E-state index contributed by atoms with van der Waals surface area (Å²) in [5.41, 5.74) is 0.980. The molecule has 1 N–H and O–H groups in total. The van der Waals surface area contributed by atoms with E-state index in [-0.39, 0.29) is 5.56 Å². The second kappa shape index (κ2) is 6.17. The van der Waals surface area contributed by atoms with Gasteiger partial charge in [-0.2, -0.15) is 5.10 Å². The Kier molecular flexibility index (Phi) is 4.05. The van der Waals surface area contributed by atoms with Gasteiger partial charge in [-0.25, -0.2) is 9.67 Å². The van der Waals surface area contributed by atoms with Crippen molar-refractivity contribution in [2.24, 2.45) is 7.05 Å². The van der Waals surface area contributed by atoms with Crippen LogP contribution in [0.3, 0.4) is 0 Å². The van der Waals surface area contributed by atoms with Gasteiger partial charge in [0.2, 0.25) is 0 Å². The first-order valence-electron chi connectivity index (χ1n) is 8.50. The molecule has 0 amide bonds. The molecule has 0 spiro atoms. The van der Waals surface area contributed by atoms with Crippen LogP contribution in [0.25, 0.3) is 21.3 Å². The number of thiazole rings is 1. The number of hydrogen-bond donors (Lipinski definition) is 1. The molecule has 27 heavy (non-hydrogen) atoms. The van der Waals surface area contributed by atoms with Gasteiger partial charge in [0, 0.05) is 12.4 Å². The largest absolute Gasteiger partial charge is 0.497 e. The van der Waals surface area contributed by atoms with Crippen molar-refractivity contribution in [2.45, 2.75) is 26.0 Å². The molecule has 0 unspecified atom stereocenters. The Balaban J connectivity index is 1.84. The summed E-state index contributed by atoms with van der Waals surface area (Å²) in [4.78, 5) is 17.6. The molecule has 0 aliphatic carbocycles. The van der Waals surface area contributed by atoms with E-state index in [2.05, 4.69) is 10.1 Å². The highest BCUT2D eigenvalue weighted by molar-refractivity contribution is 7.19. The van der Waals surface area contributed by atoms with Gasteiger partial charge in [0.1, 0.15) is 21.9 Å². The smallest absolute Gasteiger partial charge is 0.291 e. The summed E-state index contributed by atoms with van der Waals surface area (Å²) in [6.07, 6.45) is 1.70. The van der Waals surface area contributed by atoms with Crippen molar-refractivity contribution in [2.75, 3.05) is 7.11 Å². The molecule has 4 aromatic rings. The Morgan fingerprint density at radius 2 is 2.11 bits per heavy atom. The second-order valence-electron chi connectivity index (χ2n) is 7.01. The van der Waals surface area contributed by atoms with E-state index in [9.17, 15) is 9.90 Å². The zero-order valence-electron chi connectivity index (χ0n) is 15.6. The zero-order valence-corrected chi connectivity index (χ0v) is 16.4. The number of aromatic nitrogens is 4. The van der Waals surface area contributed by atoms with Gasteiger partial charge < -0.3 is 14.4 Å². The van der Waals surface area contributed by atoms with Gasteiger partial charge in [-0.15, -0.1) is 11.3 Å². The molecule has 7 nitrogen and oxygen atoms in total. The van der Waals surface area contributed by atoms with Crippen LogP contribution in [0.5, 0.6) is 5.75 Å². The standard InChI is InChI=1S/C19H20N4O3S/c1-19(2,25)18-21-16-15(27-18)13-9-20-23(17(24)14(13)22(16)3)10-11-6-5-7-12(8-11)26-4/h5-9,25H,10H2,1-4H3. The summed E-state index contributed by atoms with van der Waals surface area (Å²) in [7, 11) is 3.43. The molecule has 0 saturated heterocycles. The molecule has 1 aromatic carbocycles. The Morgan fingerprint density at radius 1 is 1.33 bits per heavy atom. The highest BCUT2D eigenvalue weighted by atomic mass is 32.1. The van der Waals surface area contributed by atoms with Crippen molar-refractivity contribution >= 4 is 32.6 Å². The fraction of sp³-hybridized carbons (Fsp3) is 0.316. The molecule has 3 aromatic heterocycles. The number of aryl methyl sites for hydroxylation is 1. The maximum Gasteiger partial charge on any atom is 0.291 e. The van der Waals surface area contributed by atoms with E-state index in [1.807, 2.05) is 31.3 Å². The van der Waals surface area contributed by atoms with Crippen molar-refractivity contribution in [3.63, 3.8) is 0 Å². The molecule has 0 atom stereocenters. The zero-order chi connectivity index (χ0) is 19.3. The van der Waals surface area contributed by atoms with Gasteiger partial charge >= 0.3 is 0 Å². The van der Waals surface area contributed by atoms with Crippen LogP contribution < -0.4 is 10.3 Å². The molecule has 4 rings (SSSR count). The molecule has 8 heteroatoms. The number of aliphatic hydroxyl groups is 1. The summed E-state index contributed by atoms with van der Waals surface area (Å²) >= 11 is 1.39. The predicted molar refractivity (Wildman–Crippen MR) is 105 cm³/mol. The summed E-state index contributed by atoms with van der Waals surface area (Å²) in [5.74, 6) is 0.740. The third kappa shape index (κ3) is 2.90. The first-order chi connectivity index (χ1) is 12.8. The molecule has 0 fully saturated rings. The first-order valence-corrected chi connectivity index (χ1v) is 9.32. The Labute approximate surface area is 159 Å². The van der Waals surface area contributed by atoms with E-state index >= 15 is 0 Å². The first kappa shape index (κ1) is 17.7. The van der Waals surface area contributed by atoms with Crippen molar-refractivity contribution in [3.8, 4) is 5.75 Å².